The molecule has 3 heteroatoms. The van der Waals surface area contributed by atoms with Gasteiger partial charge in [-0.1, -0.05) is 13.8 Å². The van der Waals surface area contributed by atoms with Crippen LogP contribution in [0.3, 0.4) is 0 Å². The third kappa shape index (κ3) is 1.83. The fourth-order valence-electron chi connectivity index (χ4n) is 0.679. The molecule has 0 spiro atoms. The SMILES string of the molecule is CC(C)Cn1[c]nnc1. The first-order valence-electron chi connectivity index (χ1n) is 3.04. The Morgan fingerprint density at radius 2 is 2.44 bits per heavy atom. The van der Waals surface area contributed by atoms with Gasteiger partial charge in [0.05, 0.1) is 0 Å². The van der Waals surface area contributed by atoms with E-state index >= 15 is 0 Å². The molecule has 1 aromatic rings. The maximum Gasteiger partial charge on any atom is 0.201 e. The Balaban J connectivity index is 2.48. The summed E-state index contributed by atoms with van der Waals surface area (Å²) in [5, 5.41) is 7.20. The van der Waals surface area contributed by atoms with Crippen molar-refractivity contribution in [2.75, 3.05) is 0 Å². The maximum absolute atomic E-state index is 3.63. The number of hydrogen-bond acceptors (Lipinski definition) is 2. The van der Waals surface area contributed by atoms with Crippen LogP contribution in [0.2, 0.25) is 0 Å². The van der Waals surface area contributed by atoms with Crippen LogP contribution in [0.25, 0.3) is 0 Å². The van der Waals surface area contributed by atoms with Crippen molar-refractivity contribution in [3.63, 3.8) is 0 Å². The zero-order valence-electron chi connectivity index (χ0n) is 5.70. The van der Waals surface area contributed by atoms with Crippen molar-refractivity contribution in [2.24, 2.45) is 5.92 Å². The molecule has 0 aliphatic rings. The van der Waals surface area contributed by atoms with E-state index in [1.807, 2.05) is 4.57 Å². The fraction of sp³-hybridized carbons (Fsp3) is 0.667. The van der Waals surface area contributed by atoms with Gasteiger partial charge in [0.2, 0.25) is 6.33 Å². The average molecular weight is 124 g/mol. The largest absolute Gasteiger partial charge is 0.311 e. The first-order chi connectivity index (χ1) is 4.29. The highest BCUT2D eigenvalue weighted by Gasteiger charge is 1.94. The molecule has 1 heterocycles. The second kappa shape index (κ2) is 2.62. The van der Waals surface area contributed by atoms with E-state index in [1.165, 1.54) is 0 Å². The van der Waals surface area contributed by atoms with E-state index in [9.17, 15) is 0 Å². The van der Waals surface area contributed by atoms with Crippen LogP contribution in [0.4, 0.5) is 0 Å². The van der Waals surface area contributed by atoms with Crippen LogP contribution in [0.1, 0.15) is 13.8 Å². The summed E-state index contributed by atoms with van der Waals surface area (Å²) < 4.78 is 1.85. The summed E-state index contributed by atoms with van der Waals surface area (Å²) in [5.41, 5.74) is 0. The molecule has 0 atom stereocenters. The molecule has 0 aliphatic carbocycles. The van der Waals surface area contributed by atoms with Crippen molar-refractivity contribution in [2.45, 2.75) is 20.4 Å². The summed E-state index contributed by atoms with van der Waals surface area (Å²) in [4.78, 5) is 0. The molecule has 0 fully saturated rings. The Bertz CT molecular complexity index is 155. The van der Waals surface area contributed by atoms with Crippen LogP contribution in [-0.4, -0.2) is 14.8 Å². The van der Waals surface area contributed by atoms with Crippen LogP contribution >= 0.6 is 0 Å². The van der Waals surface area contributed by atoms with E-state index in [4.69, 9.17) is 0 Å². The minimum atomic E-state index is 0.636. The van der Waals surface area contributed by atoms with Crippen LogP contribution in [0.15, 0.2) is 6.33 Å². The van der Waals surface area contributed by atoms with E-state index in [0.717, 1.165) is 6.54 Å². The molecule has 1 rings (SSSR count). The van der Waals surface area contributed by atoms with Crippen molar-refractivity contribution in [1.29, 1.82) is 0 Å². The Morgan fingerprint density at radius 3 is 2.89 bits per heavy atom. The van der Waals surface area contributed by atoms with Crippen LogP contribution < -0.4 is 0 Å². The molecule has 1 aromatic heterocycles. The standard InChI is InChI=1S/C6H10N3/c1-6(2)3-9-4-7-8-5-9/h4,6H,3H2,1-2H3. The lowest BCUT2D eigenvalue weighted by molar-refractivity contribution is 0.519. The first kappa shape index (κ1) is 6.26. The van der Waals surface area contributed by atoms with Gasteiger partial charge in [-0.15, -0.1) is 10.2 Å². The van der Waals surface area contributed by atoms with E-state index < -0.39 is 0 Å². The molecule has 3 nitrogen and oxygen atoms in total. The molecule has 0 unspecified atom stereocenters. The molecular weight excluding hydrogens is 114 g/mol. The lowest BCUT2D eigenvalue weighted by Crippen LogP contribution is -2.01. The van der Waals surface area contributed by atoms with Gasteiger partial charge in [-0.3, -0.25) is 0 Å². The van der Waals surface area contributed by atoms with Gasteiger partial charge in [0, 0.05) is 6.54 Å². The number of rotatable bonds is 2. The Labute approximate surface area is 54.7 Å². The summed E-state index contributed by atoms with van der Waals surface area (Å²) >= 11 is 0. The lowest BCUT2D eigenvalue weighted by Gasteiger charge is -2.01. The molecule has 0 bridgehead atoms. The quantitative estimate of drug-likeness (QED) is 0.582. The van der Waals surface area contributed by atoms with Gasteiger partial charge in [-0.2, -0.15) is 0 Å². The number of aromatic nitrogens is 3. The topological polar surface area (TPSA) is 30.7 Å². The molecule has 0 amide bonds. The van der Waals surface area contributed by atoms with E-state index in [-0.39, 0.29) is 0 Å². The third-order valence-electron chi connectivity index (χ3n) is 0.984. The molecule has 49 valence electrons. The molecule has 0 N–H and O–H groups in total. The minimum absolute atomic E-state index is 0.636. The zero-order valence-corrected chi connectivity index (χ0v) is 5.70. The highest BCUT2D eigenvalue weighted by atomic mass is 15.2. The Morgan fingerprint density at radius 1 is 1.67 bits per heavy atom. The fourth-order valence-corrected chi connectivity index (χ4v) is 0.679. The van der Waals surface area contributed by atoms with E-state index in [1.54, 1.807) is 6.33 Å². The van der Waals surface area contributed by atoms with Gasteiger partial charge >= 0.3 is 0 Å². The monoisotopic (exact) mass is 124 g/mol. The summed E-state index contributed by atoms with van der Waals surface area (Å²) in [6.07, 6.45) is 4.40. The third-order valence-corrected chi connectivity index (χ3v) is 0.984. The predicted octanol–water partition coefficient (Wildman–Crippen LogP) is 0.734. The molecule has 9 heavy (non-hydrogen) atoms. The summed E-state index contributed by atoms with van der Waals surface area (Å²) in [6.45, 7) is 5.24. The normalized spacial score (nSPS) is 10.6. The van der Waals surface area contributed by atoms with Crippen molar-refractivity contribution < 1.29 is 0 Å². The highest BCUT2D eigenvalue weighted by Crippen LogP contribution is 1.94. The van der Waals surface area contributed by atoms with Gasteiger partial charge in [0.25, 0.3) is 0 Å². The van der Waals surface area contributed by atoms with Gasteiger partial charge in [0.15, 0.2) is 0 Å². The number of nitrogens with zero attached hydrogens (tertiary/aromatic N) is 3. The maximum atomic E-state index is 3.63. The van der Waals surface area contributed by atoms with Crippen LogP contribution in [0.5, 0.6) is 0 Å². The minimum Gasteiger partial charge on any atom is -0.311 e. The van der Waals surface area contributed by atoms with Gasteiger partial charge in [0.1, 0.15) is 6.33 Å². The Hall–Kier alpha value is -0.860. The smallest absolute Gasteiger partial charge is 0.201 e. The Kier molecular flexibility index (Phi) is 1.82. The molecule has 1 radical (unpaired) electrons. The average Bonchev–Trinajstić information content (AvgIpc) is 2.15. The molecular formula is C6H10N3. The number of hydrogen-bond donors (Lipinski definition) is 0. The van der Waals surface area contributed by atoms with Crippen molar-refractivity contribution >= 4 is 0 Å². The zero-order chi connectivity index (χ0) is 6.69. The van der Waals surface area contributed by atoms with E-state index in [0.29, 0.717) is 5.92 Å². The molecule has 0 saturated heterocycles. The highest BCUT2D eigenvalue weighted by molar-refractivity contribution is 4.58. The molecule has 0 aliphatic heterocycles. The van der Waals surface area contributed by atoms with Crippen LogP contribution in [-0.2, 0) is 6.54 Å². The summed E-state index contributed by atoms with van der Waals surface area (Å²) in [5.74, 6) is 0.636. The van der Waals surface area contributed by atoms with E-state index in [2.05, 4.69) is 30.4 Å². The summed E-state index contributed by atoms with van der Waals surface area (Å²) in [6, 6.07) is 0. The van der Waals surface area contributed by atoms with Crippen molar-refractivity contribution in [3.8, 4) is 0 Å². The molecule has 0 aromatic carbocycles. The molecule has 0 saturated carbocycles. The van der Waals surface area contributed by atoms with Gasteiger partial charge in [-0.25, -0.2) is 0 Å². The summed E-state index contributed by atoms with van der Waals surface area (Å²) in [7, 11) is 0. The predicted molar refractivity (Wildman–Crippen MR) is 33.7 cm³/mol. The van der Waals surface area contributed by atoms with Crippen molar-refractivity contribution in [3.05, 3.63) is 12.7 Å². The second-order valence-corrected chi connectivity index (χ2v) is 2.48. The lowest BCUT2D eigenvalue weighted by atomic mass is 10.2. The van der Waals surface area contributed by atoms with Crippen molar-refractivity contribution in [1.82, 2.24) is 14.8 Å². The van der Waals surface area contributed by atoms with Gasteiger partial charge < -0.3 is 4.57 Å². The van der Waals surface area contributed by atoms with Crippen LogP contribution in [0, 0.1) is 12.2 Å². The second-order valence-electron chi connectivity index (χ2n) is 2.48. The first-order valence-corrected chi connectivity index (χ1v) is 3.04. The van der Waals surface area contributed by atoms with Gasteiger partial charge in [-0.05, 0) is 5.92 Å².